The van der Waals surface area contributed by atoms with Gasteiger partial charge in [-0.3, -0.25) is 14.1 Å². The molecule has 0 amide bonds. The van der Waals surface area contributed by atoms with Crippen LogP contribution in [-0.4, -0.2) is 77.9 Å². The Morgan fingerprint density at radius 1 is 1.20 bits per heavy atom. The number of hydrogen-bond donors (Lipinski definition) is 2. The summed E-state index contributed by atoms with van der Waals surface area (Å²) in [6, 6.07) is 11.5. The van der Waals surface area contributed by atoms with Crippen LogP contribution in [0.2, 0.25) is 0 Å². The molecule has 1 aliphatic carbocycles. The van der Waals surface area contributed by atoms with Crippen molar-refractivity contribution in [3.63, 3.8) is 0 Å². The first-order valence-corrected chi connectivity index (χ1v) is 12.9. The predicted molar refractivity (Wildman–Crippen MR) is 129 cm³/mol. The standard InChI is InChI=1S/C23H39N5OS/c1-4-30(29)22-12-8-9-20(17-22)26-23(24-3)25-18-19(2)27-13-15-28(16-14-27)21-10-6-5-7-11-21/h5-7,10-11,19-20,22H,4,8-9,12-18H2,1-3H3,(H2,24,25,26). The van der Waals surface area contributed by atoms with Crippen molar-refractivity contribution in [1.82, 2.24) is 15.5 Å². The molecule has 0 spiro atoms. The number of nitrogens with one attached hydrogen (secondary N) is 2. The summed E-state index contributed by atoms with van der Waals surface area (Å²) in [6.45, 7) is 9.49. The van der Waals surface area contributed by atoms with E-state index in [0.717, 1.165) is 70.1 Å². The molecule has 4 unspecified atom stereocenters. The molecule has 2 N–H and O–H groups in total. The third-order valence-corrected chi connectivity index (χ3v) is 8.21. The fourth-order valence-corrected chi connectivity index (χ4v) is 5.92. The number of aliphatic imine (C=N–C) groups is 1. The molecule has 6 nitrogen and oxygen atoms in total. The lowest BCUT2D eigenvalue weighted by Crippen LogP contribution is -2.54. The molecule has 3 rings (SSSR count). The number of guanidine groups is 1. The van der Waals surface area contributed by atoms with Crippen LogP contribution in [0, 0.1) is 0 Å². The molecule has 0 radical (unpaired) electrons. The summed E-state index contributed by atoms with van der Waals surface area (Å²) in [5, 5.41) is 7.43. The van der Waals surface area contributed by atoms with Gasteiger partial charge in [0.25, 0.3) is 0 Å². The van der Waals surface area contributed by atoms with Crippen LogP contribution in [0.3, 0.4) is 0 Å². The highest BCUT2D eigenvalue weighted by Crippen LogP contribution is 2.23. The zero-order valence-electron chi connectivity index (χ0n) is 18.8. The van der Waals surface area contributed by atoms with Gasteiger partial charge in [-0.25, -0.2) is 0 Å². The van der Waals surface area contributed by atoms with Crippen LogP contribution in [0.25, 0.3) is 0 Å². The molecule has 1 aliphatic heterocycles. The highest BCUT2D eigenvalue weighted by Gasteiger charge is 2.26. The molecule has 4 atom stereocenters. The SMILES string of the molecule is CCS(=O)C1CCCC(NC(=NC)NCC(C)N2CCN(c3ccccc3)CC2)C1. The van der Waals surface area contributed by atoms with Crippen LogP contribution in [0.5, 0.6) is 0 Å². The Hall–Kier alpha value is -1.60. The molecule has 1 heterocycles. The van der Waals surface area contributed by atoms with E-state index in [4.69, 9.17) is 0 Å². The first-order valence-electron chi connectivity index (χ1n) is 11.5. The van der Waals surface area contributed by atoms with Crippen molar-refractivity contribution in [2.75, 3.05) is 50.4 Å². The summed E-state index contributed by atoms with van der Waals surface area (Å²) >= 11 is 0. The molecule has 168 valence electrons. The van der Waals surface area contributed by atoms with Crippen LogP contribution in [0.15, 0.2) is 35.3 Å². The number of rotatable bonds is 7. The number of anilines is 1. The van der Waals surface area contributed by atoms with Crippen LogP contribution in [-0.2, 0) is 10.8 Å². The maximum atomic E-state index is 12.2. The summed E-state index contributed by atoms with van der Waals surface area (Å²) in [5.41, 5.74) is 1.32. The second-order valence-corrected chi connectivity index (χ2v) is 10.5. The topological polar surface area (TPSA) is 60.0 Å². The highest BCUT2D eigenvalue weighted by atomic mass is 32.2. The van der Waals surface area contributed by atoms with E-state index in [9.17, 15) is 4.21 Å². The van der Waals surface area contributed by atoms with Crippen LogP contribution in [0.1, 0.15) is 39.5 Å². The average Bonchev–Trinajstić information content (AvgIpc) is 2.81. The molecule has 1 aromatic rings. The largest absolute Gasteiger partial charge is 0.369 e. The first kappa shape index (κ1) is 23.1. The van der Waals surface area contributed by atoms with Gasteiger partial charge in [0.1, 0.15) is 0 Å². The zero-order valence-corrected chi connectivity index (χ0v) is 19.7. The van der Waals surface area contributed by atoms with E-state index in [1.807, 2.05) is 14.0 Å². The number of piperazine rings is 1. The summed E-state index contributed by atoms with van der Waals surface area (Å²) < 4.78 is 12.2. The van der Waals surface area contributed by atoms with E-state index in [1.54, 1.807) is 0 Å². The molecular formula is C23H39N5OS. The van der Waals surface area contributed by atoms with Gasteiger partial charge in [-0.05, 0) is 38.3 Å². The summed E-state index contributed by atoms with van der Waals surface area (Å²) in [4.78, 5) is 9.46. The Morgan fingerprint density at radius 2 is 1.93 bits per heavy atom. The van der Waals surface area contributed by atoms with Gasteiger partial charge in [0, 0.05) is 79.3 Å². The van der Waals surface area contributed by atoms with Gasteiger partial charge >= 0.3 is 0 Å². The minimum Gasteiger partial charge on any atom is -0.369 e. The van der Waals surface area contributed by atoms with Crippen molar-refractivity contribution < 1.29 is 4.21 Å². The highest BCUT2D eigenvalue weighted by molar-refractivity contribution is 7.85. The molecule has 1 saturated heterocycles. The van der Waals surface area contributed by atoms with E-state index < -0.39 is 10.8 Å². The summed E-state index contributed by atoms with van der Waals surface area (Å²) in [7, 11) is 1.14. The third kappa shape index (κ3) is 6.45. The van der Waals surface area contributed by atoms with Crippen LogP contribution >= 0.6 is 0 Å². The average molecular weight is 434 g/mol. The lowest BCUT2D eigenvalue weighted by atomic mass is 9.95. The number of hydrogen-bond acceptors (Lipinski definition) is 4. The first-order chi connectivity index (χ1) is 14.6. The lowest BCUT2D eigenvalue weighted by Gasteiger charge is -2.39. The number of para-hydroxylation sites is 1. The Labute approximate surface area is 185 Å². The summed E-state index contributed by atoms with van der Waals surface area (Å²) in [6.07, 6.45) is 4.36. The maximum absolute atomic E-state index is 12.2. The second-order valence-electron chi connectivity index (χ2n) is 8.46. The Balaban J connectivity index is 1.41. The fraction of sp³-hybridized carbons (Fsp3) is 0.696. The van der Waals surface area contributed by atoms with Gasteiger partial charge in [-0.2, -0.15) is 0 Å². The van der Waals surface area contributed by atoms with E-state index >= 15 is 0 Å². The fourth-order valence-electron chi connectivity index (χ4n) is 4.57. The summed E-state index contributed by atoms with van der Waals surface area (Å²) in [5.74, 6) is 1.64. The van der Waals surface area contributed by atoms with E-state index in [-0.39, 0.29) is 0 Å². The Morgan fingerprint density at radius 3 is 2.60 bits per heavy atom. The lowest BCUT2D eigenvalue weighted by molar-refractivity contribution is 0.197. The van der Waals surface area contributed by atoms with Crippen LogP contribution in [0.4, 0.5) is 5.69 Å². The van der Waals surface area contributed by atoms with Gasteiger partial charge in [0.15, 0.2) is 5.96 Å². The minimum absolute atomic E-state index is 0.333. The molecule has 0 aromatic heterocycles. The molecule has 30 heavy (non-hydrogen) atoms. The number of benzene rings is 1. The van der Waals surface area contributed by atoms with E-state index in [1.165, 1.54) is 5.69 Å². The molecule has 1 aromatic carbocycles. The Bertz CT molecular complexity index is 690. The molecule has 2 fully saturated rings. The van der Waals surface area contributed by atoms with Gasteiger partial charge in [0.2, 0.25) is 0 Å². The number of nitrogens with zero attached hydrogens (tertiary/aromatic N) is 3. The van der Waals surface area contributed by atoms with Gasteiger partial charge in [-0.15, -0.1) is 0 Å². The van der Waals surface area contributed by atoms with Crippen molar-refractivity contribution in [2.45, 2.75) is 56.9 Å². The monoisotopic (exact) mass is 433 g/mol. The van der Waals surface area contributed by atoms with Crippen LogP contribution < -0.4 is 15.5 Å². The molecule has 7 heteroatoms. The minimum atomic E-state index is -0.693. The molecule has 0 bridgehead atoms. The quantitative estimate of drug-likeness (QED) is 0.511. The van der Waals surface area contributed by atoms with Crippen molar-refractivity contribution in [1.29, 1.82) is 0 Å². The van der Waals surface area contributed by atoms with Gasteiger partial charge in [0.05, 0.1) is 0 Å². The normalized spacial score (nSPS) is 25.6. The van der Waals surface area contributed by atoms with Crippen molar-refractivity contribution in [2.24, 2.45) is 4.99 Å². The zero-order chi connectivity index (χ0) is 21.3. The van der Waals surface area contributed by atoms with Gasteiger partial charge < -0.3 is 15.5 Å². The van der Waals surface area contributed by atoms with Gasteiger partial charge in [-0.1, -0.05) is 31.5 Å². The third-order valence-electron chi connectivity index (χ3n) is 6.47. The van der Waals surface area contributed by atoms with Crippen molar-refractivity contribution in [3.8, 4) is 0 Å². The second kappa shape index (κ2) is 11.7. The maximum Gasteiger partial charge on any atom is 0.191 e. The molecular weight excluding hydrogens is 394 g/mol. The van der Waals surface area contributed by atoms with E-state index in [0.29, 0.717) is 17.3 Å². The molecule has 2 aliphatic rings. The van der Waals surface area contributed by atoms with Crippen molar-refractivity contribution >= 4 is 22.4 Å². The van der Waals surface area contributed by atoms with Crippen molar-refractivity contribution in [3.05, 3.63) is 30.3 Å². The van der Waals surface area contributed by atoms with E-state index in [2.05, 4.69) is 62.7 Å². The predicted octanol–water partition coefficient (Wildman–Crippen LogP) is 2.44. The smallest absolute Gasteiger partial charge is 0.191 e. The Kier molecular flexibility index (Phi) is 9.00. The molecule has 1 saturated carbocycles.